The number of hydrogen-bond donors (Lipinski definition) is 0. The summed E-state index contributed by atoms with van der Waals surface area (Å²) in [4.78, 5) is 33.0. The Balaban J connectivity index is 1.67. The van der Waals surface area contributed by atoms with E-state index in [4.69, 9.17) is 4.84 Å². The molecule has 1 fully saturated rings. The summed E-state index contributed by atoms with van der Waals surface area (Å²) in [5, 5.41) is 4.06. The minimum absolute atomic E-state index is 0.155. The van der Waals surface area contributed by atoms with E-state index in [-0.39, 0.29) is 17.7 Å². The summed E-state index contributed by atoms with van der Waals surface area (Å²) >= 11 is 1.65. The summed E-state index contributed by atoms with van der Waals surface area (Å²) in [6, 6.07) is 17.7. The maximum Gasteiger partial charge on any atom is 0.338 e. The van der Waals surface area contributed by atoms with Gasteiger partial charge >= 0.3 is 5.97 Å². The average Bonchev–Trinajstić information content (AvgIpc) is 3.62. The predicted octanol–water partition coefficient (Wildman–Crippen LogP) is 6.94. The molecule has 1 unspecified atom stereocenters. The summed E-state index contributed by atoms with van der Waals surface area (Å²) in [6.07, 6.45) is 6.31. The average molecular weight is 438 g/mol. The fourth-order valence-corrected chi connectivity index (χ4v) is 4.18. The minimum atomic E-state index is -0.327. The number of benzene rings is 2. The first-order valence-electron chi connectivity index (χ1n) is 11.3. The lowest BCUT2D eigenvalue weighted by atomic mass is 10.00. The Labute approximate surface area is 189 Å². The van der Waals surface area contributed by atoms with E-state index in [2.05, 4.69) is 24.2 Å². The molecule has 3 rings (SSSR count). The third-order valence-corrected chi connectivity index (χ3v) is 6.53. The summed E-state index contributed by atoms with van der Waals surface area (Å²) in [6.45, 7) is 4.09. The van der Waals surface area contributed by atoms with Crippen LogP contribution in [0.25, 0.3) is 0 Å². The summed E-state index contributed by atoms with van der Waals surface area (Å²) in [5.74, 6) is -0.170. The van der Waals surface area contributed by atoms with Crippen molar-refractivity contribution in [1.82, 2.24) is 0 Å². The van der Waals surface area contributed by atoms with Crippen molar-refractivity contribution in [1.29, 1.82) is 0 Å². The van der Waals surface area contributed by atoms with E-state index in [0.29, 0.717) is 23.6 Å². The first-order chi connectivity index (χ1) is 15.1. The lowest BCUT2D eigenvalue weighted by molar-refractivity contribution is -0.149. The summed E-state index contributed by atoms with van der Waals surface area (Å²) < 4.78 is 0. The molecule has 0 aliphatic heterocycles. The van der Waals surface area contributed by atoms with E-state index in [1.165, 1.54) is 0 Å². The maximum absolute atomic E-state index is 13.1. The van der Waals surface area contributed by atoms with Crippen molar-refractivity contribution < 1.29 is 14.4 Å². The molecule has 0 bridgehead atoms. The van der Waals surface area contributed by atoms with Crippen molar-refractivity contribution in [2.75, 3.05) is 0 Å². The van der Waals surface area contributed by atoms with Crippen LogP contribution in [0.3, 0.4) is 0 Å². The topological polar surface area (TPSA) is 55.7 Å². The number of Topliss-reactive ketones (excluding diaryl/α,β-unsaturated/α-hetero) is 1. The third-order valence-electron chi connectivity index (χ3n) is 5.51. The van der Waals surface area contributed by atoms with Gasteiger partial charge < -0.3 is 4.84 Å². The van der Waals surface area contributed by atoms with Gasteiger partial charge in [-0.3, -0.25) is 4.79 Å². The van der Waals surface area contributed by atoms with Crippen LogP contribution in [0.1, 0.15) is 69.2 Å². The van der Waals surface area contributed by atoms with Gasteiger partial charge in [-0.2, -0.15) is 0 Å². The summed E-state index contributed by atoms with van der Waals surface area (Å²) in [7, 11) is 0. The Hall–Kier alpha value is -2.40. The highest BCUT2D eigenvalue weighted by molar-refractivity contribution is 7.99. The molecular weight excluding hydrogens is 406 g/mol. The van der Waals surface area contributed by atoms with Crippen LogP contribution >= 0.6 is 11.8 Å². The van der Waals surface area contributed by atoms with Gasteiger partial charge in [-0.15, -0.1) is 0 Å². The zero-order chi connectivity index (χ0) is 22.1. The Morgan fingerprint density at radius 1 is 1.03 bits per heavy atom. The first kappa shape index (κ1) is 23.3. The van der Waals surface area contributed by atoms with E-state index in [9.17, 15) is 9.59 Å². The van der Waals surface area contributed by atoms with Crippen LogP contribution in [-0.4, -0.2) is 17.5 Å². The predicted molar refractivity (Wildman–Crippen MR) is 126 cm³/mol. The van der Waals surface area contributed by atoms with Gasteiger partial charge in [0.2, 0.25) is 5.78 Å². The number of rotatable bonds is 12. The molecule has 0 spiro atoms. The number of carbonyl (C=O) groups is 2. The Bertz CT molecular complexity index is 889. The zero-order valence-corrected chi connectivity index (χ0v) is 19.2. The Morgan fingerprint density at radius 3 is 2.32 bits per heavy atom. The smallest absolute Gasteiger partial charge is 0.318 e. The first-order valence-corrected chi connectivity index (χ1v) is 12.1. The molecular formula is C26H31NO3S. The van der Waals surface area contributed by atoms with Crippen LogP contribution in [0.5, 0.6) is 0 Å². The van der Waals surface area contributed by atoms with E-state index >= 15 is 0 Å². The standard InChI is InChI=1S/C26H31NO3S/c1-3-5-9-20(4-2)26(29)30-27-24(18-19-12-13-19)25(28)21-14-16-23(17-15-21)31-22-10-7-6-8-11-22/h6-8,10-11,14-17,19-20H,3-5,9,12-13,18H2,1-2H3. The van der Waals surface area contributed by atoms with E-state index in [1.807, 2.05) is 49.4 Å². The minimum Gasteiger partial charge on any atom is -0.318 e. The molecule has 0 saturated heterocycles. The highest BCUT2D eigenvalue weighted by atomic mass is 32.2. The van der Waals surface area contributed by atoms with Crippen molar-refractivity contribution >= 4 is 29.2 Å². The third kappa shape index (κ3) is 7.35. The molecule has 1 aliphatic carbocycles. The van der Waals surface area contributed by atoms with E-state index in [1.54, 1.807) is 11.8 Å². The van der Waals surface area contributed by atoms with Gasteiger partial charge in [0.05, 0.1) is 5.92 Å². The fourth-order valence-electron chi connectivity index (χ4n) is 3.35. The number of ketones is 1. The van der Waals surface area contributed by atoms with Crippen molar-refractivity contribution in [3.63, 3.8) is 0 Å². The monoisotopic (exact) mass is 437 g/mol. The number of carbonyl (C=O) groups excluding carboxylic acids is 2. The van der Waals surface area contributed by atoms with Crippen molar-refractivity contribution in [2.24, 2.45) is 17.0 Å². The molecule has 0 amide bonds. The zero-order valence-electron chi connectivity index (χ0n) is 18.4. The van der Waals surface area contributed by atoms with E-state index < -0.39 is 0 Å². The molecule has 0 heterocycles. The van der Waals surface area contributed by atoms with Crippen LogP contribution in [0.4, 0.5) is 0 Å². The van der Waals surface area contributed by atoms with E-state index in [0.717, 1.165) is 48.3 Å². The molecule has 1 saturated carbocycles. The molecule has 0 aromatic heterocycles. The second-order valence-electron chi connectivity index (χ2n) is 8.11. The van der Waals surface area contributed by atoms with Crippen molar-refractivity contribution in [2.45, 2.75) is 68.6 Å². The largest absolute Gasteiger partial charge is 0.338 e. The summed E-state index contributed by atoms with van der Waals surface area (Å²) in [5.41, 5.74) is 0.926. The molecule has 4 nitrogen and oxygen atoms in total. The van der Waals surface area contributed by atoms with Gasteiger partial charge in [-0.1, -0.05) is 61.8 Å². The van der Waals surface area contributed by atoms with Crippen LogP contribution in [0.15, 0.2) is 69.5 Å². The van der Waals surface area contributed by atoms with Gasteiger partial charge in [-0.25, -0.2) is 4.79 Å². The highest BCUT2D eigenvalue weighted by Gasteiger charge is 2.28. The van der Waals surface area contributed by atoms with Crippen LogP contribution < -0.4 is 0 Å². The second-order valence-corrected chi connectivity index (χ2v) is 9.26. The van der Waals surface area contributed by atoms with Gasteiger partial charge in [0.15, 0.2) is 0 Å². The quantitative estimate of drug-likeness (QED) is 0.156. The number of oxime groups is 1. The molecule has 5 heteroatoms. The molecule has 2 aromatic rings. The number of hydrogen-bond acceptors (Lipinski definition) is 5. The molecule has 31 heavy (non-hydrogen) atoms. The molecule has 2 aromatic carbocycles. The molecule has 1 aliphatic rings. The van der Waals surface area contributed by atoms with Gasteiger partial charge in [0, 0.05) is 15.4 Å². The van der Waals surface area contributed by atoms with Crippen molar-refractivity contribution in [3.8, 4) is 0 Å². The molecule has 1 atom stereocenters. The van der Waals surface area contributed by atoms with Gasteiger partial charge in [0.25, 0.3) is 0 Å². The molecule has 0 radical (unpaired) electrons. The SMILES string of the molecule is CCCCC(CC)C(=O)ON=C(CC1CC1)C(=O)c1ccc(Sc2ccccc2)cc1. The second kappa shape index (κ2) is 11.8. The van der Waals surface area contributed by atoms with Gasteiger partial charge in [0.1, 0.15) is 5.71 Å². The lowest BCUT2D eigenvalue weighted by Gasteiger charge is -2.11. The van der Waals surface area contributed by atoms with Crippen LogP contribution in [-0.2, 0) is 9.63 Å². The molecule has 0 N–H and O–H groups in total. The Kier molecular flexibility index (Phi) is 8.89. The fraction of sp³-hybridized carbons (Fsp3) is 0.423. The van der Waals surface area contributed by atoms with Crippen LogP contribution in [0.2, 0.25) is 0 Å². The number of nitrogens with zero attached hydrogens (tertiary/aromatic N) is 1. The highest BCUT2D eigenvalue weighted by Crippen LogP contribution is 2.33. The van der Waals surface area contributed by atoms with Gasteiger partial charge in [-0.05, 0) is 74.4 Å². The lowest BCUT2D eigenvalue weighted by Crippen LogP contribution is -2.19. The molecule has 164 valence electrons. The van der Waals surface area contributed by atoms with Crippen molar-refractivity contribution in [3.05, 3.63) is 60.2 Å². The maximum atomic E-state index is 13.1. The Morgan fingerprint density at radius 2 is 1.71 bits per heavy atom. The normalized spacial score (nSPS) is 14.8. The van der Waals surface area contributed by atoms with Crippen LogP contribution in [0, 0.1) is 11.8 Å². The number of unbranched alkanes of at least 4 members (excludes halogenated alkanes) is 1.